The summed E-state index contributed by atoms with van der Waals surface area (Å²) in [5, 5.41) is 24.0. The van der Waals surface area contributed by atoms with Crippen LogP contribution in [0.5, 0.6) is 5.75 Å². The van der Waals surface area contributed by atoms with Crippen LogP contribution < -0.4 is 70.3 Å². The average Bonchev–Trinajstić information content (AvgIpc) is 3.91. The van der Waals surface area contributed by atoms with E-state index in [4.69, 9.17) is 10.1 Å². The molecule has 4 fully saturated rings. The van der Waals surface area contributed by atoms with Crippen molar-refractivity contribution in [1.29, 1.82) is 0 Å². The fourth-order valence-electron chi connectivity index (χ4n) is 5.60. The van der Waals surface area contributed by atoms with Crippen molar-refractivity contribution in [2.45, 2.75) is 33.7 Å². The zero-order valence-electron chi connectivity index (χ0n) is 22.2. The van der Waals surface area contributed by atoms with Crippen molar-refractivity contribution in [3.63, 3.8) is 0 Å². The number of aromatic nitrogens is 3. The molecule has 8 rings (SSSR count). The molecule has 7 nitrogen and oxygen atoms in total. The van der Waals surface area contributed by atoms with Crippen LogP contribution in [0, 0.1) is 9.49 Å². The number of anilines is 2. The third-order valence-electron chi connectivity index (χ3n) is 8.11. The molecule has 1 aliphatic carbocycles. The Kier molecular flexibility index (Phi) is 7.86. The molecular formula is C30H30I4N5O2-3. The van der Waals surface area contributed by atoms with Gasteiger partial charge in [0.1, 0.15) is 0 Å². The molecule has 3 saturated heterocycles. The third kappa shape index (κ3) is 5.63. The summed E-state index contributed by atoms with van der Waals surface area (Å²) in [6, 6.07) is 11.5. The van der Waals surface area contributed by atoms with E-state index >= 15 is 0 Å². The van der Waals surface area contributed by atoms with Gasteiger partial charge in [-0.05, 0) is 25.9 Å². The van der Waals surface area contributed by atoms with E-state index < -0.39 is 15.8 Å². The van der Waals surface area contributed by atoms with E-state index in [0.29, 0.717) is 36.5 Å². The minimum atomic E-state index is -1.05. The molecule has 3 N–H and O–H groups in total. The molecule has 4 aromatic rings. The topological polar surface area (TPSA) is 92.1 Å². The number of pyridine rings is 1. The van der Waals surface area contributed by atoms with E-state index in [1.807, 2.05) is 6.20 Å². The first kappa shape index (κ1) is 27.7. The van der Waals surface area contributed by atoms with E-state index in [-0.39, 0.29) is 54.1 Å². The van der Waals surface area contributed by atoms with Crippen molar-refractivity contribution in [2.75, 3.05) is 23.3 Å². The second-order valence-corrected chi connectivity index (χ2v) is 40.3. The molecule has 3 aliphatic heterocycles. The first-order chi connectivity index (χ1) is 20.1. The van der Waals surface area contributed by atoms with E-state index in [2.05, 4.69) is 51.8 Å². The van der Waals surface area contributed by atoms with E-state index in [9.17, 15) is 9.90 Å². The maximum atomic E-state index is 13.5. The number of phenolic OH excluding ortho intramolecular Hbond substituents is 1. The number of nitrogens with zero attached hydrogens (tertiary/aromatic N) is 3. The van der Waals surface area contributed by atoms with Crippen molar-refractivity contribution in [1.82, 2.24) is 20.1 Å². The second kappa shape index (κ2) is 11.6. The van der Waals surface area contributed by atoms with Gasteiger partial charge < -0.3 is 5.32 Å². The van der Waals surface area contributed by atoms with Crippen LogP contribution >= 0.6 is 15.8 Å². The van der Waals surface area contributed by atoms with Crippen LogP contribution in [0.1, 0.15) is 49.6 Å². The Hall–Kier alpha value is -0.790. The molecule has 11 heteroatoms. The quantitative estimate of drug-likeness (QED) is 0.0985. The fourth-order valence-corrected chi connectivity index (χ4v) is 26.8. The van der Waals surface area contributed by atoms with E-state index in [0.717, 1.165) is 66.6 Å². The number of rotatable bonds is 8. The molecule has 2 aromatic heterocycles. The second-order valence-electron chi connectivity index (χ2n) is 10.8. The summed E-state index contributed by atoms with van der Waals surface area (Å²) >= 11 is -0.308. The number of hydrogen-bond acceptors (Lipinski definition) is 6. The van der Waals surface area contributed by atoms with Gasteiger partial charge in [-0.15, -0.1) is 0 Å². The van der Waals surface area contributed by atoms with Crippen LogP contribution in [0.4, 0.5) is 11.4 Å². The molecule has 0 bridgehead atoms. The molecule has 5 heterocycles. The average molecular weight is 1000 g/mol. The molecule has 218 valence electrons. The van der Waals surface area contributed by atoms with Gasteiger partial charge in [-0.25, -0.2) is 0 Å². The molecule has 1 saturated carbocycles. The number of hydrogen-bond donors (Lipinski definition) is 3. The van der Waals surface area contributed by atoms with Gasteiger partial charge in [-0.2, -0.15) is 0 Å². The summed E-state index contributed by atoms with van der Waals surface area (Å²) in [7, 11) is 0. The maximum absolute atomic E-state index is 13.5. The number of benzene rings is 2. The molecule has 0 amide bonds. The van der Waals surface area contributed by atoms with Crippen molar-refractivity contribution in [3.05, 3.63) is 63.6 Å². The number of phenols is 1. The van der Waals surface area contributed by atoms with Gasteiger partial charge in [0.25, 0.3) is 0 Å². The van der Waals surface area contributed by atoms with Gasteiger partial charge in [-0.3, -0.25) is 0 Å². The van der Waals surface area contributed by atoms with Crippen molar-refractivity contribution in [3.8, 4) is 16.9 Å². The first-order valence-corrected chi connectivity index (χ1v) is 29.9. The minimum absolute atomic E-state index is 0.110. The van der Waals surface area contributed by atoms with Crippen LogP contribution in [0.3, 0.4) is 0 Å². The molecule has 0 radical (unpaired) electrons. The summed E-state index contributed by atoms with van der Waals surface area (Å²) in [6.45, 7) is 2.03. The standard InChI is InChI=1S/C30H30I4N5O2/c40-28(17-1-2-17)24-13-36-26-4-3-18(19-10-23(30-31-15-32-30)29(41)25(11-19)34-16-33-34)9-22(26)27(24)38-20-12-37-39(14-20)21-5-7-35-8-6-21/h3-4,9-14,17,21,30,35,41H,1-2,5-8,15-16H2,(H,36,38)/q-3. The number of alkyl halides is 6. The van der Waals surface area contributed by atoms with Crippen molar-refractivity contribution >= 4 is 43.9 Å². The Balaban J connectivity index is 1.22. The first-order valence-electron chi connectivity index (χ1n) is 13.9. The fraction of sp³-hybridized carbons (Fsp3) is 0.367. The zero-order chi connectivity index (χ0) is 27.5. The number of Topliss-reactive ketones (excluding diaryl/α,β-unsaturated/α-hetero) is 1. The Bertz CT molecular complexity index is 1660. The molecule has 4 aliphatic rings. The molecule has 0 atom stereocenters. The summed E-state index contributed by atoms with van der Waals surface area (Å²) in [5.41, 5.74) is 6.95. The van der Waals surface area contributed by atoms with Gasteiger partial charge in [0.05, 0.1) is 0 Å². The normalized spacial score (nSPS) is 20.8. The number of carbonyl (C=O) groups excluding carboxylic acids is 1. The van der Waals surface area contributed by atoms with Crippen LogP contribution in [-0.2, 0) is 0 Å². The number of piperidine rings is 1. The van der Waals surface area contributed by atoms with Gasteiger partial charge >= 0.3 is 246 Å². The van der Waals surface area contributed by atoms with Gasteiger partial charge in [0.15, 0.2) is 0 Å². The number of nitrogens with one attached hydrogen (secondary N) is 2. The molecule has 0 unspecified atom stereocenters. The van der Waals surface area contributed by atoms with Crippen LogP contribution in [0.2, 0.25) is 0 Å². The Morgan fingerprint density at radius 1 is 1.07 bits per heavy atom. The van der Waals surface area contributed by atoms with Gasteiger partial charge in [-0.1, -0.05) is 0 Å². The van der Waals surface area contributed by atoms with Gasteiger partial charge in [0, 0.05) is 0 Å². The summed E-state index contributed by atoms with van der Waals surface area (Å²) in [5.74, 6) is 0.974. The Morgan fingerprint density at radius 2 is 1.90 bits per heavy atom. The molecule has 0 spiro atoms. The van der Waals surface area contributed by atoms with Crippen LogP contribution in [-0.4, -0.2) is 43.6 Å². The summed E-state index contributed by atoms with van der Waals surface area (Å²) in [4.78, 5) is 18.2. The summed E-state index contributed by atoms with van der Waals surface area (Å²) < 4.78 is 7.03. The van der Waals surface area contributed by atoms with Gasteiger partial charge in [0.2, 0.25) is 0 Å². The number of aromatic hydroxyl groups is 1. The number of fused-ring (bicyclic) bond motifs is 1. The summed E-state index contributed by atoms with van der Waals surface area (Å²) in [6.07, 6.45) is 9.81. The molecule has 41 heavy (non-hydrogen) atoms. The van der Waals surface area contributed by atoms with Crippen molar-refractivity contribution in [2.24, 2.45) is 5.92 Å². The Morgan fingerprint density at radius 3 is 2.63 bits per heavy atom. The number of ketones is 1. The molecule has 2 aromatic carbocycles. The number of halogens is 4. The SMILES string of the molecule is O=C(c1cnc2ccc(-c3cc(C4[I-]C[I-]4)c(O)c(I4C[I-]4)c3)cc2c1Nc1cnn(C2CCNCC2)c1)C1CC1. The number of carbonyl (C=O) groups is 1. The predicted molar refractivity (Wildman–Crippen MR) is 158 cm³/mol. The predicted octanol–water partition coefficient (Wildman–Crippen LogP) is -3.14. The Labute approximate surface area is 273 Å². The van der Waals surface area contributed by atoms with Crippen LogP contribution in [0.25, 0.3) is 22.0 Å². The van der Waals surface area contributed by atoms with E-state index in [1.165, 1.54) is 19.6 Å². The van der Waals surface area contributed by atoms with Crippen molar-refractivity contribution < 1.29 is 69.5 Å². The zero-order valence-corrected chi connectivity index (χ0v) is 30.8. The van der Waals surface area contributed by atoms with E-state index in [1.54, 1.807) is 6.20 Å². The van der Waals surface area contributed by atoms with Crippen LogP contribution in [0.15, 0.2) is 48.9 Å². The molecular weight excluding hydrogens is 970 g/mol. The third-order valence-corrected chi connectivity index (χ3v) is 34.5. The monoisotopic (exact) mass is 1000 g/mol.